The van der Waals surface area contributed by atoms with Crippen molar-refractivity contribution < 1.29 is 0 Å². The molecule has 1 aromatic heterocycles. The van der Waals surface area contributed by atoms with Crippen LogP contribution < -0.4 is 0 Å². The van der Waals surface area contributed by atoms with Crippen molar-refractivity contribution in [1.82, 2.24) is 14.9 Å². The molecular weight excluding hydrogens is 330 g/mol. The van der Waals surface area contributed by atoms with E-state index in [0.29, 0.717) is 5.92 Å². The van der Waals surface area contributed by atoms with Gasteiger partial charge in [0.05, 0.1) is 0 Å². The third kappa shape index (κ3) is 3.49. The predicted molar refractivity (Wildman–Crippen MR) is 110 cm³/mol. The summed E-state index contributed by atoms with van der Waals surface area (Å²) in [7, 11) is 0. The van der Waals surface area contributed by atoms with Crippen molar-refractivity contribution in [1.29, 1.82) is 0 Å². The first kappa shape index (κ1) is 16.9. The minimum Gasteiger partial charge on any atom is -0.294 e. The van der Waals surface area contributed by atoms with Crippen molar-refractivity contribution in [3.05, 3.63) is 71.3 Å². The number of aromatic nitrogens is 2. The molecule has 0 atom stereocenters. The van der Waals surface area contributed by atoms with Crippen molar-refractivity contribution in [2.45, 2.75) is 57.5 Å². The summed E-state index contributed by atoms with van der Waals surface area (Å²) in [4.78, 5) is 12.3. The van der Waals surface area contributed by atoms with Gasteiger partial charge in [0.1, 0.15) is 5.82 Å². The molecule has 1 fully saturated rings. The van der Waals surface area contributed by atoms with Gasteiger partial charge in [-0.15, -0.1) is 0 Å². The minimum absolute atomic E-state index is 0.595. The fraction of sp³-hybridized carbons (Fsp3) is 0.417. The summed E-state index contributed by atoms with van der Waals surface area (Å²) >= 11 is 0. The molecule has 3 nitrogen and oxygen atoms in total. The van der Waals surface area contributed by atoms with Gasteiger partial charge in [-0.2, -0.15) is 0 Å². The topological polar surface area (TPSA) is 29.0 Å². The Morgan fingerprint density at radius 2 is 1.81 bits per heavy atom. The van der Waals surface area contributed by atoms with E-state index in [1.807, 2.05) is 0 Å². The van der Waals surface area contributed by atoms with Crippen LogP contribution in [-0.4, -0.2) is 21.4 Å². The Morgan fingerprint density at radius 3 is 2.74 bits per heavy atom. The summed E-state index contributed by atoms with van der Waals surface area (Å²) in [5.74, 6) is 1.70. The van der Waals surface area contributed by atoms with Crippen molar-refractivity contribution in [3.63, 3.8) is 0 Å². The second kappa shape index (κ2) is 7.40. The molecule has 27 heavy (non-hydrogen) atoms. The van der Waals surface area contributed by atoms with Crippen LogP contribution in [0.15, 0.2) is 48.7 Å². The first-order valence-electron chi connectivity index (χ1n) is 10.4. The lowest BCUT2D eigenvalue weighted by Gasteiger charge is -2.29. The highest BCUT2D eigenvalue weighted by atomic mass is 15.1. The molecule has 0 radical (unpaired) electrons. The van der Waals surface area contributed by atoms with Crippen LogP contribution in [-0.2, 0) is 19.5 Å². The van der Waals surface area contributed by atoms with Gasteiger partial charge in [0.2, 0.25) is 0 Å². The van der Waals surface area contributed by atoms with Gasteiger partial charge in [0, 0.05) is 49.4 Å². The van der Waals surface area contributed by atoms with E-state index >= 15 is 0 Å². The molecule has 2 heterocycles. The first-order chi connectivity index (χ1) is 13.4. The number of benzene rings is 2. The van der Waals surface area contributed by atoms with E-state index in [-0.39, 0.29) is 0 Å². The maximum atomic E-state index is 4.99. The van der Waals surface area contributed by atoms with Gasteiger partial charge < -0.3 is 0 Å². The normalized spacial score (nSPS) is 18.5. The van der Waals surface area contributed by atoms with Crippen molar-refractivity contribution >= 4 is 10.8 Å². The molecule has 0 unspecified atom stereocenters. The fourth-order valence-electron chi connectivity index (χ4n) is 4.75. The van der Waals surface area contributed by atoms with Gasteiger partial charge in [0.25, 0.3) is 0 Å². The van der Waals surface area contributed by atoms with E-state index in [9.17, 15) is 0 Å². The lowest BCUT2D eigenvalue weighted by atomic mass is 9.88. The van der Waals surface area contributed by atoms with E-state index in [4.69, 9.17) is 9.97 Å². The molecule has 2 aliphatic rings. The molecule has 3 aromatic rings. The number of hydrogen-bond donors (Lipinski definition) is 0. The summed E-state index contributed by atoms with van der Waals surface area (Å²) < 4.78 is 0. The molecular formula is C24H27N3. The van der Waals surface area contributed by atoms with E-state index in [2.05, 4.69) is 53.6 Å². The Hall–Kier alpha value is -2.26. The summed E-state index contributed by atoms with van der Waals surface area (Å²) in [6.45, 7) is 3.03. The van der Waals surface area contributed by atoms with Crippen molar-refractivity contribution in [2.75, 3.05) is 6.54 Å². The summed E-state index contributed by atoms with van der Waals surface area (Å²) in [6, 6.07) is 15.3. The van der Waals surface area contributed by atoms with Gasteiger partial charge >= 0.3 is 0 Å². The Balaban J connectivity index is 1.33. The fourth-order valence-corrected chi connectivity index (χ4v) is 4.75. The van der Waals surface area contributed by atoms with Crippen molar-refractivity contribution in [2.24, 2.45) is 0 Å². The maximum absolute atomic E-state index is 4.99. The van der Waals surface area contributed by atoms with Crippen LogP contribution in [0.5, 0.6) is 0 Å². The number of hydrogen-bond acceptors (Lipinski definition) is 3. The van der Waals surface area contributed by atoms with Gasteiger partial charge in [-0.1, -0.05) is 61.7 Å². The molecule has 0 bridgehead atoms. The zero-order valence-corrected chi connectivity index (χ0v) is 15.9. The Bertz CT molecular complexity index is 938. The predicted octanol–water partition coefficient (Wildman–Crippen LogP) is 5.24. The molecule has 138 valence electrons. The smallest absolute Gasteiger partial charge is 0.131 e. The third-order valence-corrected chi connectivity index (χ3v) is 6.28. The second-order valence-electron chi connectivity index (χ2n) is 8.13. The molecule has 5 rings (SSSR count). The summed E-state index contributed by atoms with van der Waals surface area (Å²) in [6.07, 6.45) is 9.75. The van der Waals surface area contributed by atoms with Crippen LogP contribution >= 0.6 is 0 Å². The van der Waals surface area contributed by atoms with E-state index in [1.165, 1.54) is 59.7 Å². The van der Waals surface area contributed by atoms with E-state index < -0.39 is 0 Å². The molecule has 1 saturated carbocycles. The third-order valence-electron chi connectivity index (χ3n) is 6.28. The Labute approximate surface area is 161 Å². The van der Waals surface area contributed by atoms with E-state index in [0.717, 1.165) is 31.9 Å². The van der Waals surface area contributed by atoms with Crippen LogP contribution in [0.3, 0.4) is 0 Å². The highest BCUT2D eigenvalue weighted by molar-refractivity contribution is 5.85. The molecule has 0 amide bonds. The minimum atomic E-state index is 0.595. The lowest BCUT2D eigenvalue weighted by Crippen LogP contribution is -2.31. The first-order valence-corrected chi connectivity index (χ1v) is 10.4. The molecule has 0 saturated heterocycles. The summed E-state index contributed by atoms with van der Waals surface area (Å²) in [5.41, 5.74) is 4.03. The Morgan fingerprint density at radius 1 is 0.963 bits per heavy atom. The monoisotopic (exact) mass is 357 g/mol. The molecule has 1 aliphatic heterocycles. The van der Waals surface area contributed by atoms with Crippen LogP contribution in [0.4, 0.5) is 0 Å². The molecule has 0 spiro atoms. The number of rotatable bonds is 3. The maximum Gasteiger partial charge on any atom is 0.131 e. The van der Waals surface area contributed by atoms with Gasteiger partial charge in [-0.25, -0.2) is 9.97 Å². The zero-order valence-electron chi connectivity index (χ0n) is 15.9. The quantitative estimate of drug-likeness (QED) is 0.642. The average molecular weight is 358 g/mol. The average Bonchev–Trinajstić information content (AvgIpc) is 2.74. The van der Waals surface area contributed by atoms with Crippen LogP contribution in [0.1, 0.15) is 60.7 Å². The number of nitrogens with zero attached hydrogens (tertiary/aromatic N) is 3. The van der Waals surface area contributed by atoms with Gasteiger partial charge in [0.15, 0.2) is 0 Å². The van der Waals surface area contributed by atoms with E-state index in [1.54, 1.807) is 0 Å². The van der Waals surface area contributed by atoms with Gasteiger partial charge in [-0.05, 0) is 29.2 Å². The number of fused-ring (bicyclic) bond motifs is 2. The lowest BCUT2D eigenvalue weighted by molar-refractivity contribution is 0.243. The standard InChI is InChI=1S/C24H27N3/c1-2-8-19(9-3-1)24-25-15-21-17-27(14-13-23(21)26-24)16-20-11-6-10-18-7-4-5-12-22(18)20/h4-7,10-12,15,19H,1-3,8-9,13-14,16-17H2. The van der Waals surface area contributed by atoms with Crippen LogP contribution in [0.25, 0.3) is 10.8 Å². The van der Waals surface area contributed by atoms with Crippen LogP contribution in [0.2, 0.25) is 0 Å². The molecule has 3 heteroatoms. The largest absolute Gasteiger partial charge is 0.294 e. The molecule has 2 aromatic carbocycles. The molecule has 0 N–H and O–H groups in total. The highest BCUT2D eigenvalue weighted by Crippen LogP contribution is 2.31. The second-order valence-corrected chi connectivity index (χ2v) is 8.13. The van der Waals surface area contributed by atoms with Gasteiger partial charge in [-0.3, -0.25) is 4.90 Å². The van der Waals surface area contributed by atoms with Crippen LogP contribution in [0, 0.1) is 0 Å². The SMILES string of the molecule is c1ccc2c(CN3CCc4nc(C5CCCCC5)ncc4C3)cccc2c1. The molecule has 1 aliphatic carbocycles. The zero-order chi connectivity index (χ0) is 18.1. The summed E-state index contributed by atoms with van der Waals surface area (Å²) in [5, 5.41) is 2.70. The highest BCUT2D eigenvalue weighted by Gasteiger charge is 2.23. The van der Waals surface area contributed by atoms with Crippen molar-refractivity contribution in [3.8, 4) is 0 Å². The Kier molecular flexibility index (Phi) is 4.62.